The zero-order valence-corrected chi connectivity index (χ0v) is 13.3. The van der Waals surface area contributed by atoms with Gasteiger partial charge in [0.2, 0.25) is 0 Å². The number of ketones is 1. The zero-order valence-electron chi connectivity index (χ0n) is 13.3. The minimum absolute atomic E-state index is 0.0280. The summed E-state index contributed by atoms with van der Waals surface area (Å²) in [6.45, 7) is 6.53. The smallest absolute Gasteiger partial charge is 0.412 e. The summed E-state index contributed by atoms with van der Waals surface area (Å²) in [6, 6.07) is 1.11. The lowest BCUT2D eigenvalue weighted by atomic mass is 10.2. The highest BCUT2D eigenvalue weighted by molar-refractivity contribution is 5.91. The van der Waals surface area contributed by atoms with Gasteiger partial charge in [0, 0.05) is 19.2 Å². The summed E-state index contributed by atoms with van der Waals surface area (Å²) in [5.74, 6) is -0.932. The Labute approximate surface area is 132 Å². The van der Waals surface area contributed by atoms with Crippen LogP contribution in [0.15, 0.2) is 24.8 Å². The Hall–Kier alpha value is -2.77. The molecule has 0 aliphatic rings. The lowest BCUT2D eigenvalue weighted by molar-refractivity contribution is 0.0635. The maximum Gasteiger partial charge on any atom is 0.412 e. The Bertz CT molecular complexity index is 749. The van der Waals surface area contributed by atoms with Crippen LogP contribution in [0.2, 0.25) is 0 Å². The van der Waals surface area contributed by atoms with Gasteiger partial charge in [0.15, 0.2) is 17.4 Å². The van der Waals surface area contributed by atoms with Gasteiger partial charge in [-0.2, -0.15) is 0 Å². The van der Waals surface area contributed by atoms with Gasteiger partial charge in [0.05, 0.1) is 11.9 Å². The second-order valence-electron chi connectivity index (χ2n) is 5.88. The number of rotatable bonds is 3. The molecule has 7 nitrogen and oxygen atoms in total. The number of nitrogens with zero attached hydrogens (tertiary/aromatic N) is 3. The average molecular weight is 320 g/mol. The molecule has 0 fully saturated rings. The van der Waals surface area contributed by atoms with Crippen LogP contribution < -0.4 is 5.32 Å². The molecule has 0 aromatic carbocycles. The summed E-state index contributed by atoms with van der Waals surface area (Å²) in [7, 11) is 0. The number of carbonyl (C=O) groups excluding carboxylic acids is 2. The molecule has 0 radical (unpaired) electrons. The van der Waals surface area contributed by atoms with E-state index in [2.05, 4.69) is 15.3 Å². The van der Waals surface area contributed by atoms with Crippen LogP contribution in [0.1, 0.15) is 38.2 Å². The molecule has 1 amide bonds. The van der Waals surface area contributed by atoms with Crippen molar-refractivity contribution in [3.05, 3.63) is 36.3 Å². The van der Waals surface area contributed by atoms with E-state index in [1.165, 1.54) is 30.2 Å². The summed E-state index contributed by atoms with van der Waals surface area (Å²) < 4.78 is 20.5. The Morgan fingerprint density at radius 2 is 2.00 bits per heavy atom. The maximum atomic E-state index is 14.1. The van der Waals surface area contributed by atoms with E-state index in [0.717, 1.165) is 6.07 Å². The molecule has 2 heterocycles. The molecule has 0 aliphatic carbocycles. The number of imidazole rings is 1. The van der Waals surface area contributed by atoms with Crippen LogP contribution in [0, 0.1) is 5.82 Å². The molecular weight excluding hydrogens is 303 g/mol. The topological polar surface area (TPSA) is 86.1 Å². The number of Topliss-reactive ketones (excluding diaryl/α,β-unsaturated/α-hetero) is 1. The SMILES string of the molecule is CC(=O)c1cn(-c2ncc(NC(=O)OC(C)(C)C)cc2F)cn1. The van der Waals surface area contributed by atoms with Crippen LogP contribution in [0.25, 0.3) is 5.82 Å². The van der Waals surface area contributed by atoms with Gasteiger partial charge in [-0.1, -0.05) is 0 Å². The van der Waals surface area contributed by atoms with E-state index in [1.807, 2.05) is 0 Å². The van der Waals surface area contributed by atoms with Gasteiger partial charge < -0.3 is 4.74 Å². The van der Waals surface area contributed by atoms with Crippen LogP contribution in [0.3, 0.4) is 0 Å². The molecular formula is C15H17FN4O3. The molecule has 8 heteroatoms. The number of halogens is 1. The fourth-order valence-corrected chi connectivity index (χ4v) is 1.73. The van der Waals surface area contributed by atoms with Gasteiger partial charge in [-0.3, -0.25) is 14.7 Å². The lowest BCUT2D eigenvalue weighted by Gasteiger charge is -2.19. The van der Waals surface area contributed by atoms with Gasteiger partial charge in [-0.05, 0) is 20.8 Å². The number of hydrogen-bond acceptors (Lipinski definition) is 5. The molecule has 0 saturated heterocycles. The molecule has 2 aromatic heterocycles. The number of ether oxygens (including phenoxy) is 1. The van der Waals surface area contributed by atoms with Crippen LogP contribution in [0.5, 0.6) is 0 Å². The molecule has 0 spiro atoms. The van der Waals surface area contributed by atoms with Crippen LogP contribution in [-0.4, -0.2) is 32.0 Å². The molecule has 1 N–H and O–H groups in total. The quantitative estimate of drug-likeness (QED) is 0.879. The summed E-state index contributed by atoms with van der Waals surface area (Å²) >= 11 is 0. The predicted octanol–water partition coefficient (Wildman–Crippen LogP) is 2.96. The number of anilines is 1. The van der Waals surface area contributed by atoms with Crippen LogP contribution in [0.4, 0.5) is 14.9 Å². The molecule has 0 unspecified atom stereocenters. The van der Waals surface area contributed by atoms with Crippen molar-refractivity contribution in [1.82, 2.24) is 14.5 Å². The Kier molecular flexibility index (Phi) is 4.44. The molecule has 0 saturated carbocycles. The number of hydrogen-bond donors (Lipinski definition) is 1. The normalized spacial score (nSPS) is 11.2. The van der Waals surface area contributed by atoms with Crippen molar-refractivity contribution < 1.29 is 18.7 Å². The van der Waals surface area contributed by atoms with Gasteiger partial charge in [-0.25, -0.2) is 19.2 Å². The van der Waals surface area contributed by atoms with Crippen LogP contribution in [-0.2, 0) is 4.74 Å². The summed E-state index contributed by atoms with van der Waals surface area (Å²) in [6.07, 6.45) is 3.26. The second-order valence-corrected chi connectivity index (χ2v) is 5.88. The number of aromatic nitrogens is 3. The number of nitrogens with one attached hydrogen (secondary N) is 1. The first-order chi connectivity index (χ1) is 10.7. The second kappa shape index (κ2) is 6.15. The third-order valence-corrected chi connectivity index (χ3v) is 2.65. The summed E-state index contributed by atoms with van der Waals surface area (Å²) in [5, 5.41) is 2.40. The molecule has 2 rings (SSSR count). The summed E-state index contributed by atoms with van der Waals surface area (Å²) in [4.78, 5) is 30.6. The molecule has 0 aliphatic heterocycles. The molecule has 0 atom stereocenters. The number of pyridine rings is 1. The largest absolute Gasteiger partial charge is 0.444 e. The van der Waals surface area contributed by atoms with Crippen LogP contribution >= 0.6 is 0 Å². The fourth-order valence-electron chi connectivity index (χ4n) is 1.73. The molecule has 2 aromatic rings. The van der Waals surface area contributed by atoms with Gasteiger partial charge in [-0.15, -0.1) is 0 Å². The van der Waals surface area contributed by atoms with Crippen molar-refractivity contribution in [2.45, 2.75) is 33.3 Å². The minimum atomic E-state index is -0.701. The van der Waals surface area contributed by atoms with Crippen molar-refractivity contribution in [3.8, 4) is 5.82 Å². The van der Waals surface area contributed by atoms with Crippen molar-refractivity contribution >= 4 is 17.6 Å². The first-order valence-corrected chi connectivity index (χ1v) is 6.86. The van der Waals surface area contributed by atoms with Crippen molar-refractivity contribution in [1.29, 1.82) is 0 Å². The highest BCUT2D eigenvalue weighted by Crippen LogP contribution is 2.17. The number of amides is 1. The Morgan fingerprint density at radius 1 is 1.30 bits per heavy atom. The van der Waals surface area contributed by atoms with E-state index in [4.69, 9.17) is 4.74 Å². The van der Waals surface area contributed by atoms with Gasteiger partial charge in [0.1, 0.15) is 17.6 Å². The van der Waals surface area contributed by atoms with E-state index in [9.17, 15) is 14.0 Å². The molecule has 23 heavy (non-hydrogen) atoms. The average Bonchev–Trinajstić information content (AvgIpc) is 2.85. The standard InChI is InChI=1S/C15H17FN4O3/c1-9(21)12-7-20(8-18-12)13-11(16)5-10(6-17-13)19-14(22)23-15(2,3)4/h5-8H,1-4H3,(H,19,22). The highest BCUT2D eigenvalue weighted by atomic mass is 19.1. The Morgan fingerprint density at radius 3 is 2.52 bits per heavy atom. The third kappa shape index (κ3) is 4.35. The lowest BCUT2D eigenvalue weighted by Crippen LogP contribution is -2.27. The third-order valence-electron chi connectivity index (χ3n) is 2.65. The van der Waals surface area contributed by atoms with E-state index < -0.39 is 17.5 Å². The maximum absolute atomic E-state index is 14.1. The monoisotopic (exact) mass is 320 g/mol. The van der Waals surface area contributed by atoms with E-state index in [0.29, 0.717) is 0 Å². The minimum Gasteiger partial charge on any atom is -0.444 e. The predicted molar refractivity (Wildman–Crippen MR) is 81.2 cm³/mol. The molecule has 122 valence electrons. The first kappa shape index (κ1) is 16.6. The highest BCUT2D eigenvalue weighted by Gasteiger charge is 2.17. The van der Waals surface area contributed by atoms with Gasteiger partial charge >= 0.3 is 6.09 Å². The van der Waals surface area contributed by atoms with Crippen molar-refractivity contribution in [2.24, 2.45) is 0 Å². The van der Waals surface area contributed by atoms with Crippen molar-refractivity contribution in [3.63, 3.8) is 0 Å². The van der Waals surface area contributed by atoms with E-state index in [-0.39, 0.29) is 23.0 Å². The summed E-state index contributed by atoms with van der Waals surface area (Å²) in [5.41, 5.74) is -0.287. The van der Waals surface area contributed by atoms with E-state index in [1.54, 1.807) is 20.8 Å². The van der Waals surface area contributed by atoms with E-state index >= 15 is 0 Å². The van der Waals surface area contributed by atoms with Crippen molar-refractivity contribution in [2.75, 3.05) is 5.32 Å². The fraction of sp³-hybridized carbons (Fsp3) is 0.333. The Balaban J connectivity index is 2.17. The first-order valence-electron chi connectivity index (χ1n) is 6.86. The number of carbonyl (C=O) groups is 2. The van der Waals surface area contributed by atoms with Gasteiger partial charge in [0.25, 0.3) is 0 Å². The zero-order chi connectivity index (χ0) is 17.2. The molecule has 0 bridgehead atoms.